The van der Waals surface area contributed by atoms with Crippen molar-refractivity contribution in [2.24, 2.45) is 5.16 Å². The Balaban J connectivity index is 1.81. The van der Waals surface area contributed by atoms with E-state index in [0.29, 0.717) is 28.4 Å². The summed E-state index contributed by atoms with van der Waals surface area (Å²) in [4.78, 5) is 17.0. The van der Waals surface area contributed by atoms with E-state index < -0.39 is 5.91 Å². The van der Waals surface area contributed by atoms with Gasteiger partial charge in [0.05, 0.1) is 17.2 Å². The summed E-state index contributed by atoms with van der Waals surface area (Å²) in [5, 5.41) is 15.6. The summed E-state index contributed by atoms with van der Waals surface area (Å²) in [7, 11) is 2.89. The van der Waals surface area contributed by atoms with Crippen LogP contribution < -0.4 is 14.8 Å². The summed E-state index contributed by atoms with van der Waals surface area (Å²) < 4.78 is 11.9. The van der Waals surface area contributed by atoms with Gasteiger partial charge in [-0.1, -0.05) is 41.6 Å². The predicted molar refractivity (Wildman–Crippen MR) is 116 cm³/mol. The first-order valence-electron chi connectivity index (χ1n) is 9.47. The molecule has 0 bridgehead atoms. The van der Waals surface area contributed by atoms with Crippen LogP contribution in [0.2, 0.25) is 0 Å². The largest absolute Gasteiger partial charge is 0.489 e. The van der Waals surface area contributed by atoms with Crippen LogP contribution in [0.1, 0.15) is 16.7 Å². The summed E-state index contributed by atoms with van der Waals surface area (Å²) in [6, 6.07) is 23.6. The lowest BCUT2D eigenvalue weighted by Gasteiger charge is -2.13. The summed E-state index contributed by atoms with van der Waals surface area (Å²) in [6.45, 7) is 0.255. The standard InChI is InChI=1S/C24H21N3O4/c1-26-24(28)23(27-29-2)21-12-5-6-13-22(21)31-20-11-7-10-19(14-20)30-16-18-9-4-3-8-17(18)15-25/h3-14H,16H2,1-2H3,(H,26,28). The second kappa shape index (κ2) is 10.5. The highest BCUT2D eigenvalue weighted by Gasteiger charge is 2.18. The van der Waals surface area contributed by atoms with Gasteiger partial charge in [0.2, 0.25) is 0 Å². The molecule has 0 saturated heterocycles. The zero-order chi connectivity index (χ0) is 22.1. The van der Waals surface area contributed by atoms with E-state index >= 15 is 0 Å². The van der Waals surface area contributed by atoms with Crippen molar-refractivity contribution < 1.29 is 19.1 Å². The Kier molecular flexibility index (Phi) is 7.22. The number of nitrogens with one attached hydrogen (secondary N) is 1. The minimum atomic E-state index is -0.397. The molecule has 0 saturated carbocycles. The van der Waals surface area contributed by atoms with Gasteiger partial charge in [-0.2, -0.15) is 5.26 Å². The van der Waals surface area contributed by atoms with Crippen molar-refractivity contribution in [3.63, 3.8) is 0 Å². The van der Waals surface area contributed by atoms with Crippen LogP contribution in [0.25, 0.3) is 0 Å². The highest BCUT2D eigenvalue weighted by atomic mass is 16.6. The van der Waals surface area contributed by atoms with Crippen molar-refractivity contribution in [2.75, 3.05) is 14.2 Å². The lowest BCUT2D eigenvalue weighted by molar-refractivity contribution is -0.114. The number of nitrogens with zero attached hydrogens (tertiary/aromatic N) is 2. The van der Waals surface area contributed by atoms with Crippen LogP contribution >= 0.6 is 0 Å². The number of likely N-dealkylation sites (N-methyl/N-ethyl adjacent to an activating group) is 1. The maximum atomic E-state index is 12.2. The number of ether oxygens (including phenoxy) is 2. The number of oxime groups is 1. The summed E-state index contributed by atoms with van der Waals surface area (Å²) >= 11 is 0. The molecule has 0 aliphatic rings. The van der Waals surface area contributed by atoms with Crippen molar-refractivity contribution in [1.29, 1.82) is 5.26 Å². The number of carbonyl (C=O) groups is 1. The molecule has 0 aliphatic carbocycles. The third-order valence-electron chi connectivity index (χ3n) is 4.33. The first-order chi connectivity index (χ1) is 15.2. The number of carbonyl (C=O) groups excluding carboxylic acids is 1. The first kappa shape index (κ1) is 21.4. The Morgan fingerprint density at radius 1 is 1.03 bits per heavy atom. The van der Waals surface area contributed by atoms with Gasteiger partial charge < -0.3 is 19.6 Å². The van der Waals surface area contributed by atoms with Gasteiger partial charge in [-0.3, -0.25) is 4.79 Å². The van der Waals surface area contributed by atoms with Gasteiger partial charge in [0, 0.05) is 18.7 Å². The van der Waals surface area contributed by atoms with Crippen LogP contribution in [0.3, 0.4) is 0 Å². The number of benzene rings is 3. The summed E-state index contributed by atoms with van der Waals surface area (Å²) in [5.41, 5.74) is 1.95. The topological polar surface area (TPSA) is 92.9 Å². The molecular formula is C24H21N3O4. The Labute approximate surface area is 180 Å². The van der Waals surface area contributed by atoms with E-state index in [2.05, 4.69) is 16.5 Å². The molecule has 7 heteroatoms. The average Bonchev–Trinajstić information content (AvgIpc) is 2.81. The molecule has 156 valence electrons. The van der Waals surface area contributed by atoms with Crippen LogP contribution in [0.5, 0.6) is 17.2 Å². The average molecular weight is 415 g/mol. The minimum Gasteiger partial charge on any atom is -0.489 e. The van der Waals surface area contributed by atoms with Crippen LogP contribution in [0, 0.1) is 11.3 Å². The molecule has 3 rings (SSSR count). The van der Waals surface area contributed by atoms with E-state index in [0.717, 1.165) is 5.56 Å². The monoisotopic (exact) mass is 415 g/mol. The summed E-state index contributed by atoms with van der Waals surface area (Å²) in [5.74, 6) is 1.15. The lowest BCUT2D eigenvalue weighted by Crippen LogP contribution is -2.28. The summed E-state index contributed by atoms with van der Waals surface area (Å²) in [6.07, 6.45) is 0. The Morgan fingerprint density at radius 2 is 1.77 bits per heavy atom. The van der Waals surface area contributed by atoms with Crippen molar-refractivity contribution in [2.45, 2.75) is 6.61 Å². The quantitative estimate of drug-likeness (QED) is 0.443. The molecule has 3 aromatic rings. The van der Waals surface area contributed by atoms with Gasteiger partial charge in [-0.15, -0.1) is 0 Å². The number of para-hydroxylation sites is 1. The van der Waals surface area contributed by atoms with E-state index in [1.54, 1.807) is 54.6 Å². The molecule has 0 unspecified atom stereocenters. The predicted octanol–water partition coefficient (Wildman–Crippen LogP) is 4.03. The SMILES string of the molecule is CNC(=O)C(=NOC)c1ccccc1Oc1cccc(OCc2ccccc2C#N)c1. The van der Waals surface area contributed by atoms with E-state index in [1.807, 2.05) is 18.2 Å². The van der Waals surface area contributed by atoms with Crippen LogP contribution in [0.4, 0.5) is 0 Å². The molecule has 0 fully saturated rings. The molecule has 0 atom stereocenters. The van der Waals surface area contributed by atoms with Gasteiger partial charge in [0.1, 0.15) is 31.0 Å². The Bertz CT molecular complexity index is 1140. The van der Waals surface area contributed by atoms with Gasteiger partial charge >= 0.3 is 0 Å². The van der Waals surface area contributed by atoms with Crippen molar-refractivity contribution in [1.82, 2.24) is 5.32 Å². The second-order valence-electron chi connectivity index (χ2n) is 6.33. The number of rotatable bonds is 8. The van der Waals surface area contributed by atoms with Crippen LogP contribution in [0.15, 0.2) is 78.0 Å². The van der Waals surface area contributed by atoms with Gasteiger partial charge in [-0.05, 0) is 30.3 Å². The molecule has 1 amide bonds. The lowest BCUT2D eigenvalue weighted by atomic mass is 10.1. The molecule has 0 aliphatic heterocycles. The molecular weight excluding hydrogens is 394 g/mol. The van der Waals surface area contributed by atoms with E-state index in [4.69, 9.17) is 14.3 Å². The van der Waals surface area contributed by atoms with Gasteiger partial charge in [0.15, 0.2) is 5.71 Å². The van der Waals surface area contributed by atoms with E-state index in [1.165, 1.54) is 14.2 Å². The number of amides is 1. The number of hydrogen-bond acceptors (Lipinski definition) is 6. The third kappa shape index (κ3) is 5.40. The maximum absolute atomic E-state index is 12.2. The van der Waals surface area contributed by atoms with Crippen LogP contribution in [-0.2, 0) is 16.2 Å². The molecule has 7 nitrogen and oxygen atoms in total. The maximum Gasteiger partial charge on any atom is 0.273 e. The fourth-order valence-electron chi connectivity index (χ4n) is 2.84. The molecule has 0 spiro atoms. The highest BCUT2D eigenvalue weighted by molar-refractivity contribution is 6.45. The molecule has 0 radical (unpaired) electrons. The molecule has 0 aromatic heterocycles. The number of nitriles is 1. The van der Waals surface area contributed by atoms with Gasteiger partial charge in [0.25, 0.3) is 5.91 Å². The fourth-order valence-corrected chi connectivity index (χ4v) is 2.84. The van der Waals surface area contributed by atoms with Crippen molar-refractivity contribution >= 4 is 11.6 Å². The molecule has 3 aromatic carbocycles. The van der Waals surface area contributed by atoms with Crippen molar-refractivity contribution in [3.05, 3.63) is 89.5 Å². The highest BCUT2D eigenvalue weighted by Crippen LogP contribution is 2.29. The van der Waals surface area contributed by atoms with E-state index in [9.17, 15) is 10.1 Å². The Hall–Kier alpha value is -4.31. The fraction of sp³-hybridized carbons (Fsp3) is 0.125. The van der Waals surface area contributed by atoms with Crippen molar-refractivity contribution in [3.8, 4) is 23.3 Å². The Morgan fingerprint density at radius 3 is 2.55 bits per heavy atom. The zero-order valence-corrected chi connectivity index (χ0v) is 17.2. The zero-order valence-electron chi connectivity index (χ0n) is 17.2. The van der Waals surface area contributed by atoms with Crippen LogP contribution in [-0.4, -0.2) is 25.8 Å². The molecule has 31 heavy (non-hydrogen) atoms. The third-order valence-corrected chi connectivity index (χ3v) is 4.33. The molecule has 0 heterocycles. The number of hydrogen-bond donors (Lipinski definition) is 1. The minimum absolute atomic E-state index is 0.0983. The smallest absolute Gasteiger partial charge is 0.273 e. The first-order valence-corrected chi connectivity index (χ1v) is 9.47. The second-order valence-corrected chi connectivity index (χ2v) is 6.33. The van der Waals surface area contributed by atoms with E-state index in [-0.39, 0.29) is 12.3 Å². The van der Waals surface area contributed by atoms with Gasteiger partial charge in [-0.25, -0.2) is 0 Å². The molecule has 1 N–H and O–H groups in total. The normalized spacial score (nSPS) is 10.7.